The van der Waals surface area contributed by atoms with Crippen LogP contribution in [0, 0.1) is 11.6 Å². The zero-order chi connectivity index (χ0) is 13.1. The van der Waals surface area contributed by atoms with Crippen LogP contribution in [-0.4, -0.2) is 0 Å². The third-order valence-corrected chi connectivity index (χ3v) is 3.57. The van der Waals surface area contributed by atoms with Crippen LogP contribution in [0.15, 0.2) is 52.3 Å². The summed E-state index contributed by atoms with van der Waals surface area (Å²) in [5.74, 6) is -0.602. The van der Waals surface area contributed by atoms with Gasteiger partial charge in [-0.2, -0.15) is 0 Å². The molecule has 0 spiro atoms. The lowest BCUT2D eigenvalue weighted by atomic mass is 10.1. The van der Waals surface area contributed by atoms with Gasteiger partial charge in [0.15, 0.2) is 0 Å². The Hall–Kier alpha value is -1.39. The van der Waals surface area contributed by atoms with Gasteiger partial charge in [-0.1, -0.05) is 17.8 Å². The molecular formula is C14H13F2NS. The predicted octanol–water partition coefficient (Wildman–Crippen LogP) is 4.14. The van der Waals surface area contributed by atoms with Gasteiger partial charge < -0.3 is 5.73 Å². The number of rotatable bonds is 3. The van der Waals surface area contributed by atoms with Crippen LogP contribution in [0.5, 0.6) is 0 Å². The molecule has 0 bridgehead atoms. The molecule has 1 nitrogen and oxygen atoms in total. The van der Waals surface area contributed by atoms with Crippen LogP contribution in [0.25, 0.3) is 0 Å². The molecule has 0 radical (unpaired) electrons. The molecule has 2 rings (SSSR count). The van der Waals surface area contributed by atoms with Crippen molar-refractivity contribution in [1.82, 2.24) is 0 Å². The van der Waals surface area contributed by atoms with E-state index in [0.717, 1.165) is 15.4 Å². The lowest BCUT2D eigenvalue weighted by molar-refractivity contribution is 0.619. The minimum absolute atomic E-state index is 0.267. The highest BCUT2D eigenvalue weighted by Crippen LogP contribution is 2.33. The fourth-order valence-electron chi connectivity index (χ4n) is 1.63. The number of hydrogen-bond donors (Lipinski definition) is 1. The molecule has 0 aliphatic heterocycles. The maximum Gasteiger partial charge on any atom is 0.124 e. The molecular weight excluding hydrogens is 252 g/mol. The molecule has 0 aliphatic carbocycles. The van der Waals surface area contributed by atoms with E-state index in [-0.39, 0.29) is 17.7 Å². The van der Waals surface area contributed by atoms with Gasteiger partial charge in [0, 0.05) is 15.8 Å². The molecule has 2 N–H and O–H groups in total. The van der Waals surface area contributed by atoms with Crippen LogP contribution in [0.3, 0.4) is 0 Å². The van der Waals surface area contributed by atoms with E-state index in [4.69, 9.17) is 5.73 Å². The normalized spacial score (nSPS) is 12.4. The van der Waals surface area contributed by atoms with Crippen molar-refractivity contribution < 1.29 is 8.78 Å². The molecule has 94 valence electrons. The molecule has 0 aliphatic rings. The maximum atomic E-state index is 13.2. The quantitative estimate of drug-likeness (QED) is 0.902. The standard InChI is InChI=1S/C14H13F2NS/c1-9(17)13-8-11(16)5-6-14(13)18-12-4-2-3-10(15)7-12/h2-9H,17H2,1H3/t9-/m1/s1. The van der Waals surface area contributed by atoms with Gasteiger partial charge in [0.25, 0.3) is 0 Å². The van der Waals surface area contributed by atoms with Crippen molar-refractivity contribution in [2.45, 2.75) is 22.8 Å². The van der Waals surface area contributed by atoms with Crippen molar-refractivity contribution in [2.24, 2.45) is 5.73 Å². The SMILES string of the molecule is C[C@@H](N)c1cc(F)ccc1Sc1cccc(F)c1. The first-order valence-corrected chi connectivity index (χ1v) is 6.36. The van der Waals surface area contributed by atoms with Gasteiger partial charge >= 0.3 is 0 Å². The summed E-state index contributed by atoms with van der Waals surface area (Å²) in [7, 11) is 0. The van der Waals surface area contributed by atoms with Gasteiger partial charge in [-0.05, 0) is 48.9 Å². The number of nitrogens with two attached hydrogens (primary N) is 1. The Morgan fingerprint density at radius 2 is 1.78 bits per heavy atom. The van der Waals surface area contributed by atoms with Crippen molar-refractivity contribution >= 4 is 11.8 Å². The fraction of sp³-hybridized carbons (Fsp3) is 0.143. The van der Waals surface area contributed by atoms with Crippen molar-refractivity contribution in [3.63, 3.8) is 0 Å². The summed E-state index contributed by atoms with van der Waals surface area (Å²) in [6.45, 7) is 1.80. The molecule has 2 aromatic rings. The summed E-state index contributed by atoms with van der Waals surface area (Å²) in [4.78, 5) is 1.61. The van der Waals surface area contributed by atoms with Crippen LogP contribution in [0.2, 0.25) is 0 Å². The average molecular weight is 265 g/mol. The van der Waals surface area contributed by atoms with Crippen molar-refractivity contribution in [2.75, 3.05) is 0 Å². The fourth-order valence-corrected chi connectivity index (χ4v) is 2.70. The third kappa shape index (κ3) is 3.09. The average Bonchev–Trinajstić information content (AvgIpc) is 2.31. The molecule has 0 aromatic heterocycles. The van der Waals surface area contributed by atoms with E-state index in [0.29, 0.717) is 0 Å². The molecule has 0 unspecified atom stereocenters. The van der Waals surface area contributed by atoms with Crippen LogP contribution >= 0.6 is 11.8 Å². The second kappa shape index (κ2) is 5.50. The molecule has 18 heavy (non-hydrogen) atoms. The van der Waals surface area contributed by atoms with Gasteiger partial charge in [-0.3, -0.25) is 0 Å². The molecule has 0 fully saturated rings. The smallest absolute Gasteiger partial charge is 0.124 e. The van der Waals surface area contributed by atoms with Gasteiger partial charge in [-0.25, -0.2) is 8.78 Å². The highest BCUT2D eigenvalue weighted by molar-refractivity contribution is 7.99. The molecule has 4 heteroatoms. The first-order chi connectivity index (χ1) is 8.56. The molecule has 1 atom stereocenters. The van der Waals surface area contributed by atoms with Gasteiger partial charge in [0.05, 0.1) is 0 Å². The zero-order valence-electron chi connectivity index (χ0n) is 9.86. The number of hydrogen-bond acceptors (Lipinski definition) is 2. The summed E-state index contributed by atoms with van der Waals surface area (Å²) in [5, 5.41) is 0. The predicted molar refractivity (Wildman–Crippen MR) is 69.5 cm³/mol. The number of halogens is 2. The van der Waals surface area contributed by atoms with E-state index in [1.165, 1.54) is 36.0 Å². The third-order valence-electron chi connectivity index (χ3n) is 2.49. The first kappa shape index (κ1) is 13.1. The van der Waals surface area contributed by atoms with Gasteiger partial charge in [0.2, 0.25) is 0 Å². The van der Waals surface area contributed by atoms with Crippen molar-refractivity contribution in [3.05, 3.63) is 59.7 Å². The maximum absolute atomic E-state index is 13.2. The minimum Gasteiger partial charge on any atom is -0.324 e. The van der Waals surface area contributed by atoms with E-state index >= 15 is 0 Å². The number of benzene rings is 2. The van der Waals surface area contributed by atoms with E-state index < -0.39 is 0 Å². The Kier molecular flexibility index (Phi) is 3.99. The van der Waals surface area contributed by atoms with E-state index in [1.807, 2.05) is 6.07 Å². The summed E-state index contributed by atoms with van der Waals surface area (Å²) >= 11 is 1.38. The lowest BCUT2D eigenvalue weighted by Gasteiger charge is -2.12. The van der Waals surface area contributed by atoms with E-state index in [2.05, 4.69) is 0 Å². The summed E-state index contributed by atoms with van der Waals surface area (Å²) in [5.41, 5.74) is 6.54. The lowest BCUT2D eigenvalue weighted by Crippen LogP contribution is -2.06. The van der Waals surface area contributed by atoms with Gasteiger partial charge in [-0.15, -0.1) is 0 Å². The monoisotopic (exact) mass is 265 g/mol. The zero-order valence-corrected chi connectivity index (χ0v) is 10.7. The van der Waals surface area contributed by atoms with Crippen molar-refractivity contribution in [3.8, 4) is 0 Å². The van der Waals surface area contributed by atoms with Crippen molar-refractivity contribution in [1.29, 1.82) is 0 Å². The van der Waals surface area contributed by atoms with E-state index in [1.54, 1.807) is 19.1 Å². The molecule has 0 heterocycles. The molecule has 2 aromatic carbocycles. The van der Waals surface area contributed by atoms with Crippen LogP contribution in [-0.2, 0) is 0 Å². The molecule has 0 saturated heterocycles. The second-order valence-electron chi connectivity index (χ2n) is 4.03. The van der Waals surface area contributed by atoms with Crippen LogP contribution in [0.4, 0.5) is 8.78 Å². The molecule has 0 saturated carbocycles. The minimum atomic E-state index is -0.314. The summed E-state index contributed by atoms with van der Waals surface area (Å²) in [6, 6.07) is 10.5. The Balaban J connectivity index is 2.34. The second-order valence-corrected chi connectivity index (χ2v) is 5.15. The Bertz CT molecular complexity index is 555. The largest absolute Gasteiger partial charge is 0.324 e. The van der Waals surface area contributed by atoms with Crippen LogP contribution in [0.1, 0.15) is 18.5 Å². The Morgan fingerprint density at radius 3 is 2.44 bits per heavy atom. The first-order valence-electron chi connectivity index (χ1n) is 5.54. The van der Waals surface area contributed by atoms with Gasteiger partial charge in [0.1, 0.15) is 11.6 Å². The molecule has 0 amide bonds. The van der Waals surface area contributed by atoms with Crippen LogP contribution < -0.4 is 5.73 Å². The highest BCUT2D eigenvalue weighted by atomic mass is 32.2. The summed E-state index contributed by atoms with van der Waals surface area (Å²) in [6.07, 6.45) is 0. The van der Waals surface area contributed by atoms with E-state index in [9.17, 15) is 8.78 Å². The Labute approximate surface area is 109 Å². The topological polar surface area (TPSA) is 26.0 Å². The highest BCUT2D eigenvalue weighted by Gasteiger charge is 2.10. The summed E-state index contributed by atoms with van der Waals surface area (Å²) < 4.78 is 26.3. The Morgan fingerprint density at radius 1 is 1.06 bits per heavy atom.